The van der Waals surface area contributed by atoms with Gasteiger partial charge in [-0.3, -0.25) is 0 Å². The molecule has 0 unspecified atom stereocenters. The molecule has 57 heavy (non-hydrogen) atoms. The topological polar surface area (TPSA) is 43.6 Å². The summed E-state index contributed by atoms with van der Waals surface area (Å²) in [6.07, 6.45) is 0. The molecule has 0 atom stereocenters. The smallest absolute Gasteiger partial charge is 0.101 e. The second kappa shape index (κ2) is 13.6. The van der Waals surface area contributed by atoms with Crippen molar-refractivity contribution in [2.24, 2.45) is 0 Å². The molecule has 3 aromatic heterocycles. The van der Waals surface area contributed by atoms with Crippen LogP contribution in [0, 0.1) is 0 Å². The fourth-order valence-electron chi connectivity index (χ4n) is 8.17. The second-order valence-corrected chi connectivity index (χ2v) is 14.5. The van der Waals surface area contributed by atoms with Crippen molar-refractivity contribution < 1.29 is 0 Å². The molecule has 0 aliphatic heterocycles. The third kappa shape index (κ3) is 5.74. The van der Waals surface area contributed by atoms with Crippen LogP contribution in [0.5, 0.6) is 0 Å². The third-order valence-electron chi connectivity index (χ3n) is 11.0. The Morgan fingerprint density at radius 2 is 0.895 bits per heavy atom. The van der Waals surface area contributed by atoms with Crippen LogP contribution < -0.4 is 0 Å². The van der Waals surface area contributed by atoms with Crippen molar-refractivity contribution in [3.8, 4) is 61.7 Å². The molecule has 8 aromatic carbocycles. The van der Waals surface area contributed by atoms with E-state index in [1.165, 1.54) is 21.9 Å². The zero-order chi connectivity index (χ0) is 37.7. The second-order valence-electron chi connectivity index (χ2n) is 14.5. The van der Waals surface area contributed by atoms with Gasteiger partial charge >= 0.3 is 0 Å². The fourth-order valence-corrected chi connectivity index (χ4v) is 8.17. The fraction of sp³-hybridized carbons (Fsp3) is 0. The molecule has 0 saturated carbocycles. The molecule has 11 aromatic rings. The largest absolute Gasteiger partial charge is 0.245 e. The summed E-state index contributed by atoms with van der Waals surface area (Å²) in [7, 11) is 0. The van der Waals surface area contributed by atoms with E-state index in [2.05, 4.69) is 193 Å². The minimum atomic E-state index is 0.904. The van der Waals surface area contributed by atoms with Gasteiger partial charge in [-0.25, -0.2) is 14.6 Å². The number of hydrogen-bond acceptors (Lipinski definition) is 3. The molecule has 0 aliphatic carbocycles. The molecule has 0 amide bonds. The van der Waals surface area contributed by atoms with Crippen molar-refractivity contribution in [3.63, 3.8) is 0 Å². The zero-order valence-corrected chi connectivity index (χ0v) is 30.9. The van der Waals surface area contributed by atoms with Crippen LogP contribution in [0.1, 0.15) is 0 Å². The van der Waals surface area contributed by atoms with E-state index in [0.29, 0.717) is 0 Å². The van der Waals surface area contributed by atoms with Crippen LogP contribution in [0.3, 0.4) is 0 Å². The van der Waals surface area contributed by atoms with Gasteiger partial charge in [-0.2, -0.15) is 5.10 Å². The monoisotopic (exact) mass is 726 g/mol. The first-order valence-electron chi connectivity index (χ1n) is 19.3. The van der Waals surface area contributed by atoms with Gasteiger partial charge in [0.1, 0.15) is 5.69 Å². The standard InChI is InChI=1S/C53H34N4/c1-4-13-36(14-5-1)46-34-42-19-10-11-22-45(42)53-49(46)50(38-17-8-3-9-18-38)56-57(53)44-29-25-35(26-30-44)41-20-12-21-43(33-41)48-32-28-40-24-23-39-27-31-47(37-15-6-2-7-16-37)54-51(39)52(40)55-48/h1-34H. The predicted octanol–water partition coefficient (Wildman–Crippen LogP) is 13.6. The SMILES string of the molecule is c1ccc(-c2ccc3ccc4ccc(-c5cccc(-c6ccc(-n7nc(-c8ccccc8)c8c(-c9ccccc9)cc9ccccc9c87)cc6)c5)nc4c3n2)cc1. The number of nitrogens with zero attached hydrogens (tertiary/aromatic N) is 4. The molecule has 4 heteroatoms. The molecule has 0 spiro atoms. The number of pyridine rings is 2. The van der Waals surface area contributed by atoms with Crippen molar-refractivity contribution in [2.45, 2.75) is 0 Å². The van der Waals surface area contributed by atoms with Gasteiger partial charge in [-0.1, -0.05) is 170 Å². The quantitative estimate of drug-likeness (QED) is 0.160. The molecule has 3 heterocycles. The Morgan fingerprint density at radius 1 is 0.351 bits per heavy atom. The minimum absolute atomic E-state index is 0.904. The molecule has 0 bridgehead atoms. The Bertz CT molecular complexity index is 3260. The summed E-state index contributed by atoms with van der Waals surface area (Å²) < 4.78 is 2.13. The Labute approximate surface area is 330 Å². The summed E-state index contributed by atoms with van der Waals surface area (Å²) in [4.78, 5) is 10.3. The highest BCUT2D eigenvalue weighted by molar-refractivity contribution is 6.17. The van der Waals surface area contributed by atoms with E-state index >= 15 is 0 Å². The summed E-state index contributed by atoms with van der Waals surface area (Å²) in [5, 5.41) is 11.0. The van der Waals surface area contributed by atoms with Crippen molar-refractivity contribution in [1.29, 1.82) is 0 Å². The summed E-state index contributed by atoms with van der Waals surface area (Å²) in [6, 6.07) is 72.6. The first kappa shape index (κ1) is 32.7. The van der Waals surface area contributed by atoms with Gasteiger partial charge < -0.3 is 0 Å². The van der Waals surface area contributed by atoms with Gasteiger partial charge in [0.05, 0.1) is 33.6 Å². The normalized spacial score (nSPS) is 11.5. The Kier molecular flexibility index (Phi) is 7.78. The number of hydrogen-bond donors (Lipinski definition) is 0. The van der Waals surface area contributed by atoms with Gasteiger partial charge in [-0.05, 0) is 64.0 Å². The molecule has 0 aliphatic rings. The van der Waals surface area contributed by atoms with E-state index < -0.39 is 0 Å². The molecule has 0 saturated heterocycles. The highest BCUT2D eigenvalue weighted by Gasteiger charge is 2.21. The van der Waals surface area contributed by atoms with Gasteiger partial charge in [0.25, 0.3) is 0 Å². The first-order chi connectivity index (χ1) is 28.2. The molecule has 11 rings (SSSR count). The summed E-state index contributed by atoms with van der Waals surface area (Å²) >= 11 is 0. The van der Waals surface area contributed by atoms with E-state index in [0.717, 1.165) is 83.3 Å². The molecule has 0 radical (unpaired) electrons. The Morgan fingerprint density at radius 3 is 1.58 bits per heavy atom. The van der Waals surface area contributed by atoms with Gasteiger partial charge in [-0.15, -0.1) is 0 Å². The maximum absolute atomic E-state index is 5.39. The molecule has 0 N–H and O–H groups in total. The summed E-state index contributed by atoms with van der Waals surface area (Å²) in [5.41, 5.74) is 14.6. The van der Waals surface area contributed by atoms with E-state index in [4.69, 9.17) is 15.1 Å². The van der Waals surface area contributed by atoms with Crippen LogP contribution >= 0.6 is 0 Å². The molecular formula is C53H34N4. The summed E-state index contributed by atoms with van der Waals surface area (Å²) in [6.45, 7) is 0. The average molecular weight is 727 g/mol. The van der Waals surface area contributed by atoms with Crippen molar-refractivity contribution in [2.75, 3.05) is 0 Å². The Balaban J connectivity index is 1.01. The van der Waals surface area contributed by atoms with Gasteiger partial charge in [0, 0.05) is 38.2 Å². The Hall–Kier alpha value is -7.69. The van der Waals surface area contributed by atoms with Gasteiger partial charge in [0.15, 0.2) is 0 Å². The van der Waals surface area contributed by atoms with E-state index in [1.807, 2.05) is 18.2 Å². The number of aromatic nitrogens is 4. The average Bonchev–Trinajstić information content (AvgIpc) is 3.70. The van der Waals surface area contributed by atoms with E-state index in [9.17, 15) is 0 Å². The zero-order valence-electron chi connectivity index (χ0n) is 30.9. The molecule has 266 valence electrons. The predicted molar refractivity (Wildman–Crippen MR) is 236 cm³/mol. The maximum atomic E-state index is 5.39. The lowest BCUT2D eigenvalue weighted by molar-refractivity contribution is 0.918. The van der Waals surface area contributed by atoms with Crippen LogP contribution in [-0.4, -0.2) is 19.7 Å². The van der Waals surface area contributed by atoms with Crippen LogP contribution in [0.4, 0.5) is 0 Å². The van der Waals surface area contributed by atoms with Crippen molar-refractivity contribution >= 4 is 43.5 Å². The number of rotatable bonds is 6. The van der Waals surface area contributed by atoms with E-state index in [-0.39, 0.29) is 0 Å². The molecule has 4 nitrogen and oxygen atoms in total. The third-order valence-corrected chi connectivity index (χ3v) is 11.0. The highest BCUT2D eigenvalue weighted by Crippen LogP contribution is 2.42. The van der Waals surface area contributed by atoms with E-state index in [1.54, 1.807) is 0 Å². The molecular weight excluding hydrogens is 693 g/mol. The summed E-state index contributed by atoms with van der Waals surface area (Å²) in [5.74, 6) is 0. The number of benzene rings is 8. The lowest BCUT2D eigenvalue weighted by Gasteiger charge is -2.12. The highest BCUT2D eigenvalue weighted by atomic mass is 15.3. The van der Waals surface area contributed by atoms with Crippen molar-refractivity contribution in [3.05, 3.63) is 206 Å². The first-order valence-corrected chi connectivity index (χ1v) is 19.3. The van der Waals surface area contributed by atoms with Crippen LogP contribution in [0.25, 0.3) is 105 Å². The number of fused-ring (bicyclic) bond motifs is 6. The van der Waals surface area contributed by atoms with Gasteiger partial charge in [0.2, 0.25) is 0 Å². The van der Waals surface area contributed by atoms with Crippen LogP contribution in [0.15, 0.2) is 206 Å². The van der Waals surface area contributed by atoms with Crippen LogP contribution in [-0.2, 0) is 0 Å². The maximum Gasteiger partial charge on any atom is 0.101 e. The lowest BCUT2D eigenvalue weighted by Crippen LogP contribution is -1.97. The lowest BCUT2D eigenvalue weighted by atomic mass is 9.94. The molecule has 0 fully saturated rings. The van der Waals surface area contributed by atoms with Crippen LogP contribution in [0.2, 0.25) is 0 Å². The van der Waals surface area contributed by atoms with Crippen molar-refractivity contribution in [1.82, 2.24) is 19.7 Å². The minimum Gasteiger partial charge on any atom is -0.245 e.